The Morgan fingerprint density at radius 2 is 1.95 bits per heavy atom. The van der Waals surface area contributed by atoms with E-state index in [0.717, 1.165) is 30.8 Å². The van der Waals surface area contributed by atoms with E-state index in [2.05, 4.69) is 22.8 Å². The molecule has 0 spiro atoms. The molecular weight excluding hydrogens is 286 g/mol. The lowest BCUT2D eigenvalue weighted by molar-refractivity contribution is 0.100. The van der Waals surface area contributed by atoms with Crippen LogP contribution >= 0.6 is 11.6 Å². The van der Waals surface area contributed by atoms with Crippen molar-refractivity contribution in [2.24, 2.45) is 5.73 Å². The highest BCUT2D eigenvalue weighted by atomic mass is 35.5. The van der Waals surface area contributed by atoms with E-state index in [9.17, 15) is 4.79 Å². The van der Waals surface area contributed by atoms with Gasteiger partial charge < -0.3 is 16.4 Å². The molecule has 1 amide bonds. The van der Waals surface area contributed by atoms with Gasteiger partial charge in [-0.3, -0.25) is 4.79 Å². The van der Waals surface area contributed by atoms with Crippen LogP contribution in [0, 0.1) is 0 Å². The zero-order valence-corrected chi connectivity index (χ0v) is 12.2. The van der Waals surface area contributed by atoms with Crippen LogP contribution in [0.15, 0.2) is 36.4 Å². The van der Waals surface area contributed by atoms with Gasteiger partial charge >= 0.3 is 0 Å². The molecule has 4 N–H and O–H groups in total. The number of amides is 1. The first-order chi connectivity index (χ1) is 10.1. The van der Waals surface area contributed by atoms with E-state index in [0.29, 0.717) is 10.6 Å². The molecule has 0 aliphatic carbocycles. The number of carbonyl (C=O) groups excluding carboxylic acids is 1. The van der Waals surface area contributed by atoms with Gasteiger partial charge in [0.05, 0.1) is 10.6 Å². The SMILES string of the molecule is NC(=O)c1ccc(Nc2ccc3c(c2)CCCN3)cc1Cl. The molecule has 0 saturated heterocycles. The minimum atomic E-state index is -0.522. The second kappa shape index (κ2) is 5.66. The lowest BCUT2D eigenvalue weighted by Crippen LogP contribution is -2.12. The second-order valence-corrected chi connectivity index (χ2v) is 5.49. The summed E-state index contributed by atoms with van der Waals surface area (Å²) in [6.07, 6.45) is 2.23. The fourth-order valence-electron chi connectivity index (χ4n) is 2.51. The van der Waals surface area contributed by atoms with Crippen molar-refractivity contribution in [3.8, 4) is 0 Å². The molecule has 21 heavy (non-hydrogen) atoms. The normalized spacial score (nSPS) is 13.2. The van der Waals surface area contributed by atoms with Crippen LogP contribution in [0.2, 0.25) is 5.02 Å². The van der Waals surface area contributed by atoms with Crippen LogP contribution in [-0.4, -0.2) is 12.5 Å². The Hall–Kier alpha value is -2.20. The number of benzene rings is 2. The number of anilines is 3. The van der Waals surface area contributed by atoms with Gasteiger partial charge in [0, 0.05) is 23.6 Å². The fraction of sp³-hybridized carbons (Fsp3) is 0.188. The molecule has 0 aromatic heterocycles. The van der Waals surface area contributed by atoms with Gasteiger partial charge in [0.15, 0.2) is 0 Å². The molecule has 5 heteroatoms. The van der Waals surface area contributed by atoms with Gasteiger partial charge in [-0.2, -0.15) is 0 Å². The molecule has 108 valence electrons. The number of halogens is 1. The topological polar surface area (TPSA) is 67.2 Å². The lowest BCUT2D eigenvalue weighted by Gasteiger charge is -2.19. The highest BCUT2D eigenvalue weighted by Gasteiger charge is 2.10. The summed E-state index contributed by atoms with van der Waals surface area (Å²) in [5.74, 6) is -0.522. The Bertz CT molecular complexity index is 700. The first-order valence-electron chi connectivity index (χ1n) is 6.86. The van der Waals surface area contributed by atoms with E-state index in [1.807, 2.05) is 6.07 Å². The average molecular weight is 302 g/mol. The number of carbonyl (C=O) groups is 1. The third kappa shape index (κ3) is 2.95. The van der Waals surface area contributed by atoms with Crippen LogP contribution < -0.4 is 16.4 Å². The van der Waals surface area contributed by atoms with Gasteiger partial charge in [-0.15, -0.1) is 0 Å². The highest BCUT2D eigenvalue weighted by molar-refractivity contribution is 6.34. The fourth-order valence-corrected chi connectivity index (χ4v) is 2.79. The molecule has 2 aromatic rings. The smallest absolute Gasteiger partial charge is 0.250 e. The number of rotatable bonds is 3. The number of nitrogens with two attached hydrogens (primary N) is 1. The van der Waals surface area contributed by atoms with Crippen molar-refractivity contribution in [3.05, 3.63) is 52.5 Å². The standard InChI is InChI=1S/C16H16ClN3O/c17-14-9-12(3-5-13(14)16(18)21)20-11-4-6-15-10(8-11)2-1-7-19-15/h3-6,8-9,19-20H,1-2,7H2,(H2,18,21). The van der Waals surface area contributed by atoms with Crippen LogP contribution in [0.3, 0.4) is 0 Å². The van der Waals surface area contributed by atoms with E-state index >= 15 is 0 Å². The second-order valence-electron chi connectivity index (χ2n) is 5.09. The maximum atomic E-state index is 11.2. The Morgan fingerprint density at radius 1 is 1.19 bits per heavy atom. The summed E-state index contributed by atoms with van der Waals surface area (Å²) < 4.78 is 0. The number of fused-ring (bicyclic) bond motifs is 1. The summed E-state index contributed by atoms with van der Waals surface area (Å²) in [4.78, 5) is 11.2. The Kier molecular flexibility index (Phi) is 3.71. The molecule has 4 nitrogen and oxygen atoms in total. The summed E-state index contributed by atoms with van der Waals surface area (Å²) in [7, 11) is 0. The van der Waals surface area contributed by atoms with E-state index in [4.69, 9.17) is 17.3 Å². The van der Waals surface area contributed by atoms with Crippen LogP contribution in [0.1, 0.15) is 22.3 Å². The molecule has 1 aliphatic rings. The molecule has 0 saturated carbocycles. The molecule has 1 heterocycles. The van der Waals surface area contributed by atoms with E-state index in [1.165, 1.54) is 11.3 Å². The van der Waals surface area contributed by atoms with Crippen molar-refractivity contribution in [2.45, 2.75) is 12.8 Å². The molecule has 3 rings (SSSR count). The molecule has 0 unspecified atom stereocenters. The van der Waals surface area contributed by atoms with E-state index < -0.39 is 5.91 Å². The van der Waals surface area contributed by atoms with E-state index in [1.54, 1.807) is 18.2 Å². The number of aryl methyl sites for hydroxylation is 1. The molecular formula is C16H16ClN3O. The van der Waals surface area contributed by atoms with Crippen molar-refractivity contribution in [2.75, 3.05) is 17.2 Å². The van der Waals surface area contributed by atoms with Crippen LogP contribution in [0.4, 0.5) is 17.1 Å². The third-order valence-electron chi connectivity index (χ3n) is 3.57. The number of hydrogen-bond donors (Lipinski definition) is 3. The number of hydrogen-bond acceptors (Lipinski definition) is 3. The monoisotopic (exact) mass is 301 g/mol. The zero-order valence-electron chi connectivity index (χ0n) is 11.4. The van der Waals surface area contributed by atoms with Crippen molar-refractivity contribution >= 4 is 34.6 Å². The first-order valence-corrected chi connectivity index (χ1v) is 7.24. The number of nitrogens with one attached hydrogen (secondary N) is 2. The largest absolute Gasteiger partial charge is 0.385 e. The van der Waals surface area contributed by atoms with Gasteiger partial charge in [0.2, 0.25) is 5.91 Å². The Labute approximate surface area is 128 Å². The van der Waals surface area contributed by atoms with Crippen molar-refractivity contribution < 1.29 is 4.79 Å². The van der Waals surface area contributed by atoms with Crippen molar-refractivity contribution in [1.82, 2.24) is 0 Å². The first kappa shape index (κ1) is 13.8. The highest BCUT2D eigenvalue weighted by Crippen LogP contribution is 2.28. The summed E-state index contributed by atoms with van der Waals surface area (Å²) >= 11 is 6.06. The quantitative estimate of drug-likeness (QED) is 0.812. The summed E-state index contributed by atoms with van der Waals surface area (Å²) in [5.41, 5.74) is 9.91. The predicted octanol–water partition coefficient (Wildman–Crippen LogP) is 3.54. The zero-order chi connectivity index (χ0) is 14.8. The van der Waals surface area contributed by atoms with Gasteiger partial charge in [0.1, 0.15) is 0 Å². The van der Waals surface area contributed by atoms with Crippen molar-refractivity contribution in [3.63, 3.8) is 0 Å². The van der Waals surface area contributed by atoms with Gasteiger partial charge in [-0.05, 0) is 54.8 Å². The summed E-state index contributed by atoms with van der Waals surface area (Å²) in [6.45, 7) is 1.03. The van der Waals surface area contributed by atoms with E-state index in [-0.39, 0.29) is 0 Å². The van der Waals surface area contributed by atoms with Crippen LogP contribution in [0.25, 0.3) is 0 Å². The molecule has 2 aromatic carbocycles. The van der Waals surface area contributed by atoms with Gasteiger partial charge in [0.25, 0.3) is 0 Å². The molecule has 0 atom stereocenters. The molecule has 0 radical (unpaired) electrons. The van der Waals surface area contributed by atoms with Crippen LogP contribution in [-0.2, 0) is 6.42 Å². The van der Waals surface area contributed by atoms with Gasteiger partial charge in [-0.1, -0.05) is 11.6 Å². The van der Waals surface area contributed by atoms with Crippen LogP contribution in [0.5, 0.6) is 0 Å². The lowest BCUT2D eigenvalue weighted by atomic mass is 10.0. The molecule has 0 bridgehead atoms. The maximum Gasteiger partial charge on any atom is 0.250 e. The number of primary amides is 1. The Morgan fingerprint density at radius 3 is 2.71 bits per heavy atom. The maximum absolute atomic E-state index is 11.2. The van der Waals surface area contributed by atoms with Crippen molar-refractivity contribution in [1.29, 1.82) is 0 Å². The minimum absolute atomic E-state index is 0.330. The third-order valence-corrected chi connectivity index (χ3v) is 3.88. The van der Waals surface area contributed by atoms with Gasteiger partial charge in [-0.25, -0.2) is 0 Å². The molecule has 0 fully saturated rings. The summed E-state index contributed by atoms with van der Waals surface area (Å²) in [5, 5.41) is 7.03. The minimum Gasteiger partial charge on any atom is -0.385 e. The Balaban J connectivity index is 1.83. The molecule has 1 aliphatic heterocycles. The summed E-state index contributed by atoms with van der Waals surface area (Å²) in [6, 6.07) is 11.4. The predicted molar refractivity (Wildman–Crippen MR) is 86.5 cm³/mol. The average Bonchev–Trinajstić information content (AvgIpc) is 2.47.